The van der Waals surface area contributed by atoms with Crippen LogP contribution in [0.3, 0.4) is 0 Å². The van der Waals surface area contributed by atoms with Crippen LogP contribution >= 0.6 is 11.8 Å². The zero-order chi connectivity index (χ0) is 20.8. The number of carbonyl (C=O) groups excluding carboxylic acids is 2. The van der Waals surface area contributed by atoms with Crippen molar-refractivity contribution in [3.63, 3.8) is 0 Å². The lowest BCUT2D eigenvalue weighted by Gasteiger charge is -2.16. The molecule has 0 saturated carbocycles. The number of para-hydroxylation sites is 1. The molecule has 0 aromatic heterocycles. The quantitative estimate of drug-likeness (QED) is 0.695. The number of rotatable bonds is 7. The van der Waals surface area contributed by atoms with E-state index >= 15 is 0 Å². The van der Waals surface area contributed by atoms with E-state index in [1.807, 2.05) is 62.4 Å². The van der Waals surface area contributed by atoms with Crippen LogP contribution in [0, 0.1) is 13.8 Å². The summed E-state index contributed by atoms with van der Waals surface area (Å²) in [4.78, 5) is 32.0. The number of hydrogen-bond donors (Lipinski definition) is 1. The predicted octanol–water partition coefficient (Wildman–Crippen LogP) is 5.06. The number of benzene rings is 2. The van der Waals surface area contributed by atoms with Gasteiger partial charge in [-0.3, -0.25) is 14.5 Å². The topological polar surface area (TPSA) is 61.8 Å². The van der Waals surface area contributed by atoms with Gasteiger partial charge in [0, 0.05) is 18.7 Å². The number of aliphatic imine (C=N–C) groups is 1. The number of thioether (sulfide) groups is 1. The summed E-state index contributed by atoms with van der Waals surface area (Å²) in [5.41, 5.74) is 3.70. The third kappa shape index (κ3) is 5.48. The molecule has 0 radical (unpaired) electrons. The molecule has 1 unspecified atom stereocenters. The summed E-state index contributed by atoms with van der Waals surface area (Å²) in [6.45, 7) is 6.67. The molecule has 1 N–H and O–H groups in total. The van der Waals surface area contributed by atoms with Crippen molar-refractivity contribution < 1.29 is 9.59 Å². The summed E-state index contributed by atoms with van der Waals surface area (Å²) in [6.07, 6.45) is 2.03. The van der Waals surface area contributed by atoms with Gasteiger partial charge in [-0.2, -0.15) is 0 Å². The first-order valence-electron chi connectivity index (χ1n) is 9.97. The van der Waals surface area contributed by atoms with Gasteiger partial charge in [0.2, 0.25) is 11.8 Å². The van der Waals surface area contributed by atoms with Crippen molar-refractivity contribution in [2.24, 2.45) is 4.99 Å². The highest BCUT2D eigenvalue weighted by Gasteiger charge is 2.38. The van der Waals surface area contributed by atoms with Crippen LogP contribution in [0.25, 0.3) is 0 Å². The molecular formula is C23H27N3O2S. The number of hydrogen-bond acceptors (Lipinski definition) is 4. The average molecular weight is 410 g/mol. The summed E-state index contributed by atoms with van der Waals surface area (Å²) >= 11 is 1.38. The van der Waals surface area contributed by atoms with E-state index in [1.165, 1.54) is 11.8 Å². The van der Waals surface area contributed by atoms with Crippen LogP contribution in [0.2, 0.25) is 0 Å². The summed E-state index contributed by atoms with van der Waals surface area (Å²) in [6, 6.07) is 15.6. The summed E-state index contributed by atoms with van der Waals surface area (Å²) in [7, 11) is 0. The predicted molar refractivity (Wildman–Crippen MR) is 121 cm³/mol. The van der Waals surface area contributed by atoms with Crippen molar-refractivity contribution in [1.82, 2.24) is 4.90 Å². The number of nitrogens with one attached hydrogen (secondary N) is 1. The van der Waals surface area contributed by atoms with E-state index in [9.17, 15) is 9.59 Å². The summed E-state index contributed by atoms with van der Waals surface area (Å²) in [5.74, 6) is -0.185. The van der Waals surface area contributed by atoms with E-state index in [-0.39, 0.29) is 18.2 Å². The summed E-state index contributed by atoms with van der Waals surface area (Å²) < 4.78 is 0. The van der Waals surface area contributed by atoms with E-state index in [1.54, 1.807) is 4.90 Å². The van der Waals surface area contributed by atoms with Gasteiger partial charge in [0.05, 0.1) is 5.69 Å². The fourth-order valence-corrected chi connectivity index (χ4v) is 4.28. The van der Waals surface area contributed by atoms with Gasteiger partial charge < -0.3 is 5.32 Å². The highest BCUT2D eigenvalue weighted by molar-refractivity contribution is 8.15. The van der Waals surface area contributed by atoms with Gasteiger partial charge in [-0.25, -0.2) is 4.99 Å². The van der Waals surface area contributed by atoms with Crippen LogP contribution in [-0.4, -0.2) is 33.7 Å². The van der Waals surface area contributed by atoms with E-state index < -0.39 is 5.25 Å². The highest BCUT2D eigenvalue weighted by Crippen LogP contribution is 2.32. The van der Waals surface area contributed by atoms with Crippen molar-refractivity contribution in [1.29, 1.82) is 0 Å². The smallest absolute Gasteiger partial charge is 0.242 e. The molecule has 1 atom stereocenters. The van der Waals surface area contributed by atoms with E-state index in [0.717, 1.165) is 35.3 Å². The number of amidine groups is 1. The first-order valence-corrected chi connectivity index (χ1v) is 10.8. The third-order valence-electron chi connectivity index (χ3n) is 4.77. The normalized spacial score (nSPS) is 17.8. The molecule has 0 aliphatic carbocycles. The second kappa shape index (κ2) is 9.74. The zero-order valence-electron chi connectivity index (χ0n) is 17.1. The number of anilines is 1. The second-order valence-corrected chi connectivity index (χ2v) is 8.42. The third-order valence-corrected chi connectivity index (χ3v) is 5.95. The van der Waals surface area contributed by atoms with Crippen LogP contribution in [0.4, 0.5) is 11.4 Å². The fraction of sp³-hybridized carbons (Fsp3) is 0.348. The molecule has 1 heterocycles. The van der Waals surface area contributed by atoms with Gasteiger partial charge in [-0.1, -0.05) is 55.4 Å². The molecule has 0 bridgehead atoms. The molecule has 0 spiro atoms. The number of unbranched alkanes of at least 4 members (excludes halogenated alkanes) is 1. The van der Waals surface area contributed by atoms with Crippen LogP contribution < -0.4 is 5.32 Å². The Morgan fingerprint density at radius 3 is 2.66 bits per heavy atom. The second-order valence-electron chi connectivity index (χ2n) is 7.25. The molecule has 2 aromatic rings. The minimum atomic E-state index is -0.445. The zero-order valence-corrected chi connectivity index (χ0v) is 18.0. The lowest BCUT2D eigenvalue weighted by molar-refractivity contribution is -0.128. The van der Waals surface area contributed by atoms with Crippen LogP contribution in [-0.2, 0) is 9.59 Å². The van der Waals surface area contributed by atoms with Crippen molar-refractivity contribution in [3.8, 4) is 0 Å². The molecule has 29 heavy (non-hydrogen) atoms. The Labute approximate surface area is 176 Å². The molecular weight excluding hydrogens is 382 g/mol. The van der Waals surface area contributed by atoms with Crippen molar-refractivity contribution in [3.05, 3.63) is 59.7 Å². The monoisotopic (exact) mass is 409 g/mol. The SMILES string of the molecule is CCCCN1C(=O)C(CC(=O)Nc2cc(C)ccc2C)SC1=Nc1ccccc1. The van der Waals surface area contributed by atoms with Gasteiger partial charge in [0.25, 0.3) is 0 Å². The number of aryl methyl sites for hydroxylation is 2. The molecule has 1 aliphatic heterocycles. The molecule has 2 amide bonds. The van der Waals surface area contributed by atoms with Gasteiger partial charge >= 0.3 is 0 Å². The maximum atomic E-state index is 13.0. The fourth-order valence-electron chi connectivity index (χ4n) is 3.10. The Kier molecular flexibility index (Phi) is 7.09. The minimum absolute atomic E-state index is 0.0331. The minimum Gasteiger partial charge on any atom is -0.326 e. The maximum absolute atomic E-state index is 13.0. The van der Waals surface area contributed by atoms with Crippen molar-refractivity contribution in [2.75, 3.05) is 11.9 Å². The Hall–Kier alpha value is -2.60. The Bertz CT molecular complexity index is 912. The Morgan fingerprint density at radius 2 is 1.93 bits per heavy atom. The molecule has 2 aromatic carbocycles. The molecule has 5 nitrogen and oxygen atoms in total. The van der Waals surface area contributed by atoms with Crippen LogP contribution in [0.1, 0.15) is 37.3 Å². The maximum Gasteiger partial charge on any atom is 0.242 e. The van der Waals surface area contributed by atoms with Crippen LogP contribution in [0.5, 0.6) is 0 Å². The largest absolute Gasteiger partial charge is 0.326 e. The Morgan fingerprint density at radius 1 is 1.17 bits per heavy atom. The van der Waals surface area contributed by atoms with Gasteiger partial charge in [0.1, 0.15) is 5.25 Å². The van der Waals surface area contributed by atoms with E-state index in [2.05, 4.69) is 17.2 Å². The van der Waals surface area contributed by atoms with E-state index in [4.69, 9.17) is 0 Å². The molecule has 152 valence electrons. The highest BCUT2D eigenvalue weighted by atomic mass is 32.2. The van der Waals surface area contributed by atoms with Crippen LogP contribution in [0.15, 0.2) is 53.5 Å². The van der Waals surface area contributed by atoms with E-state index in [0.29, 0.717) is 11.7 Å². The lowest BCUT2D eigenvalue weighted by Crippen LogP contribution is -2.34. The van der Waals surface area contributed by atoms with Gasteiger partial charge in [-0.05, 0) is 49.6 Å². The first-order chi connectivity index (χ1) is 14.0. The Balaban J connectivity index is 1.73. The summed E-state index contributed by atoms with van der Waals surface area (Å²) in [5, 5.41) is 3.19. The van der Waals surface area contributed by atoms with Crippen molar-refractivity contribution in [2.45, 2.75) is 45.3 Å². The molecule has 1 saturated heterocycles. The molecule has 1 fully saturated rings. The first kappa shape index (κ1) is 21.1. The van der Waals surface area contributed by atoms with Gasteiger partial charge in [-0.15, -0.1) is 0 Å². The number of carbonyl (C=O) groups is 2. The molecule has 1 aliphatic rings. The van der Waals surface area contributed by atoms with Crippen molar-refractivity contribution >= 4 is 40.1 Å². The number of amides is 2. The number of nitrogens with zero attached hydrogens (tertiary/aromatic N) is 2. The average Bonchev–Trinajstić information content (AvgIpc) is 2.98. The standard InChI is InChI=1S/C23H27N3O2S/c1-4-5-13-26-22(28)20(29-23(26)24-18-9-7-6-8-10-18)15-21(27)25-19-14-16(2)11-12-17(19)3/h6-12,14,20H,4-5,13,15H2,1-3H3,(H,25,27). The molecule has 6 heteroatoms. The van der Waals surface area contributed by atoms with Gasteiger partial charge in [0.15, 0.2) is 5.17 Å². The molecule has 3 rings (SSSR count). The lowest BCUT2D eigenvalue weighted by atomic mass is 10.1.